The zero-order valence-corrected chi connectivity index (χ0v) is 7.93. The molecule has 1 aromatic rings. The second-order valence-electron chi connectivity index (χ2n) is 2.46. The van der Waals surface area contributed by atoms with Gasteiger partial charge in [0, 0.05) is 0 Å². The van der Waals surface area contributed by atoms with Gasteiger partial charge in [-0.15, -0.1) is 0 Å². The molecule has 0 aliphatic carbocycles. The third kappa shape index (κ3) is 2.34. The van der Waals surface area contributed by atoms with E-state index in [9.17, 15) is 0 Å². The Morgan fingerprint density at radius 1 is 1.58 bits per heavy atom. The lowest BCUT2D eigenvalue weighted by atomic mass is 10.5. The molecule has 0 unspecified atom stereocenters. The maximum Gasteiger partial charge on any atom is 0.252 e. The van der Waals surface area contributed by atoms with Crippen LogP contribution in [-0.4, -0.2) is 16.6 Å². The van der Waals surface area contributed by atoms with Crippen molar-refractivity contribution in [2.45, 2.75) is 20.3 Å². The minimum Gasteiger partial charge on any atom is -0.475 e. The van der Waals surface area contributed by atoms with Crippen molar-refractivity contribution < 1.29 is 4.74 Å². The summed E-state index contributed by atoms with van der Waals surface area (Å²) in [7, 11) is 0. The van der Waals surface area contributed by atoms with Gasteiger partial charge in [-0.1, -0.05) is 18.5 Å². The minimum absolute atomic E-state index is 0.328. The van der Waals surface area contributed by atoms with Gasteiger partial charge in [-0.2, -0.15) is 0 Å². The maximum absolute atomic E-state index is 5.73. The predicted molar refractivity (Wildman–Crippen MR) is 47.6 cm³/mol. The van der Waals surface area contributed by atoms with Crippen LogP contribution in [0.4, 0.5) is 0 Å². The van der Waals surface area contributed by atoms with Gasteiger partial charge in [0.25, 0.3) is 5.88 Å². The van der Waals surface area contributed by atoms with Crippen molar-refractivity contribution in [2.24, 2.45) is 0 Å². The van der Waals surface area contributed by atoms with Crippen molar-refractivity contribution >= 4 is 11.6 Å². The molecule has 1 rings (SSSR count). The van der Waals surface area contributed by atoms with Crippen LogP contribution >= 0.6 is 11.6 Å². The summed E-state index contributed by atoms with van der Waals surface area (Å²) >= 11 is 5.73. The van der Waals surface area contributed by atoms with Gasteiger partial charge in [0.15, 0.2) is 5.15 Å². The van der Waals surface area contributed by atoms with Crippen LogP contribution in [0.25, 0.3) is 0 Å². The van der Waals surface area contributed by atoms with E-state index in [0.29, 0.717) is 17.6 Å². The number of hydrogen-bond acceptors (Lipinski definition) is 3. The Kier molecular flexibility index (Phi) is 3.29. The molecule has 4 heteroatoms. The Bertz CT molecular complexity index is 265. The fraction of sp³-hybridized carbons (Fsp3) is 0.500. The minimum atomic E-state index is 0.328. The molecule has 0 spiro atoms. The van der Waals surface area contributed by atoms with Crippen molar-refractivity contribution in [1.82, 2.24) is 9.97 Å². The molecule has 3 nitrogen and oxygen atoms in total. The molecule has 0 radical (unpaired) electrons. The second kappa shape index (κ2) is 4.26. The summed E-state index contributed by atoms with van der Waals surface area (Å²) in [6.07, 6.45) is 2.55. The van der Waals surface area contributed by atoms with Gasteiger partial charge in [-0.05, 0) is 13.3 Å². The van der Waals surface area contributed by atoms with E-state index in [1.165, 1.54) is 0 Å². The second-order valence-corrected chi connectivity index (χ2v) is 2.81. The van der Waals surface area contributed by atoms with Gasteiger partial charge in [-0.25, -0.2) is 9.97 Å². The number of nitrogens with zero attached hydrogens (tertiary/aromatic N) is 2. The van der Waals surface area contributed by atoms with E-state index in [1.54, 1.807) is 6.20 Å². The first-order valence-corrected chi connectivity index (χ1v) is 4.23. The zero-order chi connectivity index (χ0) is 8.97. The molecule has 0 saturated carbocycles. The first kappa shape index (κ1) is 9.26. The maximum atomic E-state index is 5.73. The van der Waals surface area contributed by atoms with E-state index >= 15 is 0 Å². The molecule has 1 heterocycles. The van der Waals surface area contributed by atoms with Crippen LogP contribution < -0.4 is 4.74 Å². The number of aromatic nitrogens is 2. The monoisotopic (exact) mass is 186 g/mol. The number of aryl methyl sites for hydroxylation is 1. The number of rotatable bonds is 3. The third-order valence-corrected chi connectivity index (χ3v) is 1.52. The van der Waals surface area contributed by atoms with E-state index < -0.39 is 0 Å². The summed E-state index contributed by atoms with van der Waals surface area (Å²) in [6, 6.07) is 0. The van der Waals surface area contributed by atoms with E-state index in [1.807, 2.05) is 13.8 Å². The molecule has 0 amide bonds. The smallest absolute Gasteiger partial charge is 0.252 e. The zero-order valence-electron chi connectivity index (χ0n) is 7.17. The molecule has 66 valence electrons. The normalized spacial score (nSPS) is 9.92. The predicted octanol–water partition coefficient (Wildman–Crippen LogP) is 2.23. The van der Waals surface area contributed by atoms with Gasteiger partial charge in [-0.3, -0.25) is 0 Å². The first-order valence-electron chi connectivity index (χ1n) is 3.86. The summed E-state index contributed by atoms with van der Waals surface area (Å²) in [6.45, 7) is 4.50. The molecule has 12 heavy (non-hydrogen) atoms. The molecule has 0 aliphatic rings. The van der Waals surface area contributed by atoms with Crippen LogP contribution in [0.5, 0.6) is 5.88 Å². The number of halogens is 1. The highest BCUT2D eigenvalue weighted by atomic mass is 35.5. The van der Waals surface area contributed by atoms with Crippen molar-refractivity contribution in [2.75, 3.05) is 6.61 Å². The highest BCUT2D eigenvalue weighted by molar-refractivity contribution is 6.30. The Labute approximate surface area is 76.7 Å². The standard InChI is InChI=1S/C8H11ClN2O/c1-3-4-12-8-7(9)10-5-6(2)11-8/h5H,3-4H2,1-2H3. The molecule has 0 N–H and O–H groups in total. The van der Waals surface area contributed by atoms with Crippen molar-refractivity contribution in [3.05, 3.63) is 17.0 Å². The Balaban J connectivity index is 2.75. The van der Waals surface area contributed by atoms with Crippen LogP contribution in [0.2, 0.25) is 5.15 Å². The molecule has 0 aliphatic heterocycles. The molecular weight excluding hydrogens is 176 g/mol. The summed E-state index contributed by atoms with van der Waals surface area (Å²) in [4.78, 5) is 8.00. The van der Waals surface area contributed by atoms with E-state index in [0.717, 1.165) is 12.1 Å². The van der Waals surface area contributed by atoms with Crippen LogP contribution in [0.3, 0.4) is 0 Å². The number of hydrogen-bond donors (Lipinski definition) is 0. The fourth-order valence-electron chi connectivity index (χ4n) is 0.731. The summed E-state index contributed by atoms with van der Waals surface area (Å²) in [5.41, 5.74) is 0.811. The van der Waals surface area contributed by atoms with Crippen LogP contribution in [0.15, 0.2) is 6.20 Å². The van der Waals surface area contributed by atoms with Gasteiger partial charge in [0.1, 0.15) is 0 Å². The van der Waals surface area contributed by atoms with Gasteiger partial charge >= 0.3 is 0 Å². The van der Waals surface area contributed by atoms with E-state index in [2.05, 4.69) is 9.97 Å². The SMILES string of the molecule is CCCOc1nc(C)cnc1Cl. The molecule has 0 saturated heterocycles. The first-order chi connectivity index (χ1) is 5.74. The third-order valence-electron chi connectivity index (χ3n) is 1.26. The van der Waals surface area contributed by atoms with Crippen molar-refractivity contribution in [1.29, 1.82) is 0 Å². The topological polar surface area (TPSA) is 35.0 Å². The van der Waals surface area contributed by atoms with Gasteiger partial charge in [0.05, 0.1) is 18.5 Å². The Morgan fingerprint density at radius 3 is 3.00 bits per heavy atom. The fourth-order valence-corrected chi connectivity index (χ4v) is 0.877. The average molecular weight is 187 g/mol. The van der Waals surface area contributed by atoms with Gasteiger partial charge in [0.2, 0.25) is 0 Å². The Morgan fingerprint density at radius 2 is 2.33 bits per heavy atom. The largest absolute Gasteiger partial charge is 0.475 e. The lowest BCUT2D eigenvalue weighted by molar-refractivity contribution is 0.303. The van der Waals surface area contributed by atoms with E-state index in [-0.39, 0.29) is 0 Å². The molecule has 0 bridgehead atoms. The van der Waals surface area contributed by atoms with Crippen LogP contribution in [-0.2, 0) is 0 Å². The summed E-state index contributed by atoms with van der Waals surface area (Å²) in [5.74, 6) is 0.429. The lowest BCUT2D eigenvalue weighted by Gasteiger charge is -2.04. The Hall–Kier alpha value is -0.830. The molecule has 0 atom stereocenters. The molecule has 0 aromatic carbocycles. The quantitative estimate of drug-likeness (QED) is 0.726. The molecular formula is C8H11ClN2O. The van der Waals surface area contributed by atoms with Crippen molar-refractivity contribution in [3.8, 4) is 5.88 Å². The summed E-state index contributed by atoms with van der Waals surface area (Å²) in [5, 5.41) is 0.328. The van der Waals surface area contributed by atoms with Crippen LogP contribution in [0, 0.1) is 6.92 Å². The highest BCUT2D eigenvalue weighted by Crippen LogP contribution is 2.18. The number of ether oxygens (including phenoxy) is 1. The highest BCUT2D eigenvalue weighted by Gasteiger charge is 2.03. The molecule has 0 fully saturated rings. The van der Waals surface area contributed by atoms with E-state index in [4.69, 9.17) is 16.3 Å². The average Bonchev–Trinajstić information content (AvgIpc) is 2.07. The van der Waals surface area contributed by atoms with Gasteiger partial charge < -0.3 is 4.74 Å². The lowest BCUT2D eigenvalue weighted by Crippen LogP contribution is -1.99. The summed E-state index contributed by atoms with van der Waals surface area (Å²) < 4.78 is 5.26. The van der Waals surface area contributed by atoms with Crippen molar-refractivity contribution in [3.63, 3.8) is 0 Å². The molecule has 1 aromatic heterocycles. The van der Waals surface area contributed by atoms with Crippen LogP contribution in [0.1, 0.15) is 19.0 Å².